The molecule has 0 radical (unpaired) electrons. The molecule has 1 nitrogen and oxygen atoms in total. The summed E-state index contributed by atoms with van der Waals surface area (Å²) in [5, 5.41) is 3.49. The van der Waals surface area contributed by atoms with Crippen molar-refractivity contribution >= 4 is 17.4 Å². The van der Waals surface area contributed by atoms with Crippen molar-refractivity contribution in [2.75, 3.05) is 11.6 Å². The molecule has 0 bridgehead atoms. The van der Waals surface area contributed by atoms with Crippen LogP contribution in [0.15, 0.2) is 53.1 Å². The van der Waals surface area contributed by atoms with Crippen molar-refractivity contribution in [2.45, 2.75) is 17.7 Å². The van der Waals surface area contributed by atoms with E-state index < -0.39 is 0 Å². The monoisotopic (exact) mass is 217 g/mol. The van der Waals surface area contributed by atoms with Crippen LogP contribution in [0.5, 0.6) is 0 Å². The third-order valence-electron chi connectivity index (χ3n) is 2.42. The molecule has 0 fully saturated rings. The number of hydrogen-bond acceptors (Lipinski definition) is 2. The first-order valence-electron chi connectivity index (χ1n) is 5.16. The quantitative estimate of drug-likeness (QED) is 0.766. The molecule has 1 aliphatic rings. The van der Waals surface area contributed by atoms with Crippen LogP contribution in [0, 0.1) is 0 Å². The molecule has 1 N–H and O–H groups in total. The molecule has 1 aliphatic carbocycles. The zero-order valence-electron chi connectivity index (χ0n) is 8.86. The van der Waals surface area contributed by atoms with E-state index in [9.17, 15) is 0 Å². The lowest BCUT2D eigenvalue weighted by atomic mass is 10.1. The number of hydrogen-bond donors (Lipinski definition) is 1. The fourth-order valence-electron chi connectivity index (χ4n) is 1.63. The van der Waals surface area contributed by atoms with Crippen molar-refractivity contribution in [3.8, 4) is 0 Å². The molecule has 1 aromatic rings. The first kappa shape index (κ1) is 10.4. The Kier molecular flexibility index (Phi) is 3.51. The third-order valence-corrected chi connectivity index (χ3v) is 3.21. The van der Waals surface area contributed by atoms with E-state index in [4.69, 9.17) is 0 Å². The molecule has 0 amide bonds. The molecular formula is C13H15NS. The molecule has 78 valence electrons. The maximum atomic E-state index is 3.49. The van der Waals surface area contributed by atoms with Gasteiger partial charge in [-0.25, -0.2) is 0 Å². The summed E-state index contributed by atoms with van der Waals surface area (Å²) in [6.45, 7) is 0. The van der Waals surface area contributed by atoms with Crippen molar-refractivity contribution in [1.82, 2.24) is 0 Å². The van der Waals surface area contributed by atoms with Crippen LogP contribution in [0.4, 0.5) is 5.69 Å². The predicted molar refractivity (Wildman–Crippen MR) is 68.3 cm³/mol. The van der Waals surface area contributed by atoms with Crippen molar-refractivity contribution < 1.29 is 0 Å². The summed E-state index contributed by atoms with van der Waals surface area (Å²) in [5.41, 5.74) is 2.52. The van der Waals surface area contributed by atoms with Crippen molar-refractivity contribution in [3.05, 3.63) is 48.2 Å². The normalized spacial score (nSPS) is 14.9. The first-order valence-corrected chi connectivity index (χ1v) is 6.38. The van der Waals surface area contributed by atoms with Gasteiger partial charge in [0.25, 0.3) is 0 Å². The fraction of sp³-hybridized carbons (Fsp3) is 0.231. The average molecular weight is 217 g/mol. The molecule has 0 saturated carbocycles. The number of thioether (sulfide) groups is 1. The lowest BCUT2D eigenvalue weighted by Crippen LogP contribution is -2.01. The minimum atomic E-state index is 1.11. The summed E-state index contributed by atoms with van der Waals surface area (Å²) < 4.78 is 0. The topological polar surface area (TPSA) is 12.0 Å². The Hall–Kier alpha value is -1.15. The Morgan fingerprint density at radius 3 is 2.87 bits per heavy atom. The number of anilines is 1. The van der Waals surface area contributed by atoms with E-state index in [1.54, 1.807) is 11.8 Å². The summed E-state index contributed by atoms with van der Waals surface area (Å²) in [4.78, 5) is 1.30. The standard InChI is InChI=1S/C13H15NS/c1-15-13-10-6-5-9-12(13)14-11-7-3-2-4-8-11/h2-3,5-7,9-10,14H,4,8H2,1H3. The van der Waals surface area contributed by atoms with Crippen molar-refractivity contribution in [3.63, 3.8) is 0 Å². The molecule has 0 spiro atoms. The average Bonchev–Trinajstić information content (AvgIpc) is 2.31. The molecule has 0 unspecified atom stereocenters. The first-order chi connectivity index (χ1) is 7.40. The Morgan fingerprint density at radius 1 is 1.27 bits per heavy atom. The molecule has 0 heterocycles. The Labute approximate surface area is 95.3 Å². The molecule has 0 atom stereocenters. The maximum Gasteiger partial charge on any atom is 0.0519 e. The molecule has 15 heavy (non-hydrogen) atoms. The van der Waals surface area contributed by atoms with E-state index in [0.717, 1.165) is 12.8 Å². The summed E-state index contributed by atoms with van der Waals surface area (Å²) in [5.74, 6) is 0. The zero-order chi connectivity index (χ0) is 10.5. The van der Waals surface area contributed by atoms with Gasteiger partial charge in [-0.3, -0.25) is 0 Å². The van der Waals surface area contributed by atoms with E-state index in [2.05, 4.69) is 54.1 Å². The number of allylic oxidation sites excluding steroid dienone is 4. The molecule has 1 aromatic carbocycles. The van der Waals surface area contributed by atoms with Gasteiger partial charge in [0.15, 0.2) is 0 Å². The highest BCUT2D eigenvalue weighted by Gasteiger charge is 2.03. The Bertz CT molecular complexity index is 393. The van der Waals surface area contributed by atoms with Crippen LogP contribution in [0.3, 0.4) is 0 Å². The largest absolute Gasteiger partial charge is 0.358 e. The van der Waals surface area contributed by atoms with Crippen LogP contribution in [-0.2, 0) is 0 Å². The number of rotatable bonds is 3. The van der Waals surface area contributed by atoms with Gasteiger partial charge >= 0.3 is 0 Å². The van der Waals surface area contributed by atoms with E-state index in [1.807, 2.05) is 0 Å². The van der Waals surface area contributed by atoms with Gasteiger partial charge in [-0.2, -0.15) is 0 Å². The highest BCUT2D eigenvalue weighted by Crippen LogP contribution is 2.27. The van der Waals surface area contributed by atoms with Crippen molar-refractivity contribution in [2.24, 2.45) is 0 Å². The van der Waals surface area contributed by atoms with Crippen LogP contribution in [-0.4, -0.2) is 6.26 Å². The van der Waals surface area contributed by atoms with Gasteiger partial charge in [-0.1, -0.05) is 24.3 Å². The second-order valence-corrected chi connectivity index (χ2v) is 4.33. The van der Waals surface area contributed by atoms with Gasteiger partial charge in [-0.05, 0) is 37.3 Å². The van der Waals surface area contributed by atoms with Gasteiger partial charge in [0, 0.05) is 10.6 Å². The second kappa shape index (κ2) is 5.08. The smallest absolute Gasteiger partial charge is 0.0519 e. The fourth-order valence-corrected chi connectivity index (χ4v) is 2.18. The van der Waals surface area contributed by atoms with Crippen molar-refractivity contribution in [1.29, 1.82) is 0 Å². The summed E-state index contributed by atoms with van der Waals surface area (Å²) in [6.07, 6.45) is 10.8. The minimum absolute atomic E-state index is 1.11. The summed E-state index contributed by atoms with van der Waals surface area (Å²) in [7, 11) is 0. The van der Waals surface area contributed by atoms with Crippen LogP contribution in [0.25, 0.3) is 0 Å². The predicted octanol–water partition coefficient (Wildman–Crippen LogP) is 4.05. The molecular weight excluding hydrogens is 202 g/mol. The van der Waals surface area contributed by atoms with Crippen LogP contribution >= 0.6 is 11.8 Å². The van der Waals surface area contributed by atoms with E-state index in [0.29, 0.717) is 0 Å². The summed E-state index contributed by atoms with van der Waals surface area (Å²) in [6, 6.07) is 8.42. The Morgan fingerprint density at radius 2 is 2.13 bits per heavy atom. The maximum absolute atomic E-state index is 3.49. The third kappa shape index (κ3) is 2.66. The van der Waals surface area contributed by atoms with Crippen LogP contribution in [0.1, 0.15) is 12.8 Å². The van der Waals surface area contributed by atoms with Crippen LogP contribution in [0.2, 0.25) is 0 Å². The number of nitrogens with one attached hydrogen (secondary N) is 1. The molecule has 2 heteroatoms. The van der Waals surface area contributed by atoms with Gasteiger partial charge in [0.05, 0.1) is 5.69 Å². The van der Waals surface area contributed by atoms with Crippen LogP contribution < -0.4 is 5.32 Å². The summed E-state index contributed by atoms with van der Waals surface area (Å²) >= 11 is 1.78. The zero-order valence-corrected chi connectivity index (χ0v) is 9.68. The van der Waals surface area contributed by atoms with E-state index in [-0.39, 0.29) is 0 Å². The lowest BCUT2D eigenvalue weighted by molar-refractivity contribution is 0.964. The lowest BCUT2D eigenvalue weighted by Gasteiger charge is -2.14. The second-order valence-electron chi connectivity index (χ2n) is 3.48. The van der Waals surface area contributed by atoms with Gasteiger partial charge in [0.2, 0.25) is 0 Å². The molecule has 0 aliphatic heterocycles. The van der Waals surface area contributed by atoms with E-state index >= 15 is 0 Å². The van der Waals surface area contributed by atoms with Gasteiger partial charge < -0.3 is 5.32 Å². The van der Waals surface area contributed by atoms with E-state index in [1.165, 1.54) is 16.3 Å². The Balaban J connectivity index is 2.16. The SMILES string of the molecule is CSc1ccccc1NC1=CC=CCC1. The molecule has 0 saturated heterocycles. The number of benzene rings is 1. The van der Waals surface area contributed by atoms with Gasteiger partial charge in [0.1, 0.15) is 0 Å². The van der Waals surface area contributed by atoms with Gasteiger partial charge in [-0.15, -0.1) is 11.8 Å². The minimum Gasteiger partial charge on any atom is -0.358 e. The highest BCUT2D eigenvalue weighted by molar-refractivity contribution is 7.98. The molecule has 0 aromatic heterocycles. The molecule has 2 rings (SSSR count). The number of para-hydroxylation sites is 1. The highest BCUT2D eigenvalue weighted by atomic mass is 32.2.